The first-order chi connectivity index (χ1) is 11.1. The highest BCUT2D eigenvalue weighted by molar-refractivity contribution is 5.81. The Morgan fingerprint density at radius 2 is 2.04 bits per heavy atom. The van der Waals surface area contributed by atoms with Gasteiger partial charge in [-0.1, -0.05) is 18.2 Å². The molecule has 0 aromatic carbocycles. The molecule has 0 radical (unpaired) electrons. The van der Waals surface area contributed by atoms with Gasteiger partial charge in [-0.15, -0.1) is 6.58 Å². The molecule has 0 spiro atoms. The molecule has 2 rings (SSSR count). The van der Waals surface area contributed by atoms with E-state index < -0.39 is 0 Å². The smallest absolute Gasteiger partial charge is 0.248 e. The Balaban J connectivity index is 1.96. The van der Waals surface area contributed by atoms with Gasteiger partial charge in [0.15, 0.2) is 0 Å². The van der Waals surface area contributed by atoms with Crippen molar-refractivity contribution in [1.29, 1.82) is 0 Å². The maximum atomic E-state index is 13.0. The zero-order chi connectivity index (χ0) is 16.8. The van der Waals surface area contributed by atoms with Crippen molar-refractivity contribution in [2.75, 3.05) is 26.8 Å². The molecule has 0 aliphatic carbocycles. The Hall–Kier alpha value is -1.62. The lowest BCUT2D eigenvalue weighted by molar-refractivity contribution is -0.145. The minimum absolute atomic E-state index is 0.0113. The Morgan fingerprint density at radius 1 is 1.35 bits per heavy atom. The van der Waals surface area contributed by atoms with Gasteiger partial charge in [0.1, 0.15) is 6.61 Å². The third-order valence-corrected chi connectivity index (χ3v) is 4.81. The van der Waals surface area contributed by atoms with Gasteiger partial charge in [0.05, 0.1) is 0 Å². The van der Waals surface area contributed by atoms with E-state index in [-0.39, 0.29) is 36.4 Å². The van der Waals surface area contributed by atoms with Crippen LogP contribution in [0.1, 0.15) is 32.6 Å². The van der Waals surface area contributed by atoms with Gasteiger partial charge in [-0.3, -0.25) is 9.59 Å². The fourth-order valence-corrected chi connectivity index (χ4v) is 3.56. The number of amides is 2. The van der Waals surface area contributed by atoms with Gasteiger partial charge in [0.25, 0.3) is 0 Å². The van der Waals surface area contributed by atoms with Gasteiger partial charge in [0, 0.05) is 38.2 Å². The normalized spacial score (nSPS) is 25.5. The summed E-state index contributed by atoms with van der Waals surface area (Å²) in [6, 6.07) is 0.350. The highest BCUT2D eigenvalue weighted by atomic mass is 16.5. The van der Waals surface area contributed by atoms with Crippen LogP contribution < -0.4 is 0 Å². The predicted octanol–water partition coefficient (Wildman–Crippen LogP) is 1.99. The number of likely N-dealkylation sites (tertiary alicyclic amines) is 1. The molecule has 5 heteroatoms. The molecule has 0 bridgehead atoms. The number of rotatable bonds is 5. The summed E-state index contributed by atoms with van der Waals surface area (Å²) in [7, 11) is 1.53. The fraction of sp³-hybridized carbons (Fsp3) is 0.667. The summed E-state index contributed by atoms with van der Waals surface area (Å²) < 4.78 is 4.90. The van der Waals surface area contributed by atoms with Crippen molar-refractivity contribution in [2.24, 2.45) is 5.92 Å². The standard InChI is InChI=1S/C18H28N2O3/c1-4-6-16-8-5-7-14(2)20(16)18(22)15-9-11-19(12-10-15)17(21)13-23-3/h4-5,7,14-16H,1,6,8-13H2,2-3H3/t14-,16-/m1/s1. The second-order valence-electron chi connectivity index (χ2n) is 6.42. The first-order valence-electron chi connectivity index (χ1n) is 8.45. The summed E-state index contributed by atoms with van der Waals surface area (Å²) in [5.74, 6) is 0.257. The van der Waals surface area contributed by atoms with Gasteiger partial charge >= 0.3 is 0 Å². The summed E-state index contributed by atoms with van der Waals surface area (Å²) in [5.41, 5.74) is 0. The van der Waals surface area contributed by atoms with E-state index in [1.54, 1.807) is 4.90 Å². The third kappa shape index (κ3) is 4.22. The average molecular weight is 320 g/mol. The van der Waals surface area contributed by atoms with Gasteiger partial charge in [-0.2, -0.15) is 0 Å². The molecular formula is C18H28N2O3. The van der Waals surface area contributed by atoms with Crippen molar-refractivity contribution in [3.8, 4) is 0 Å². The molecule has 0 unspecified atom stereocenters. The topological polar surface area (TPSA) is 49.9 Å². The first kappa shape index (κ1) is 17.7. The minimum Gasteiger partial charge on any atom is -0.375 e. The molecule has 128 valence electrons. The lowest BCUT2D eigenvalue weighted by Crippen LogP contribution is -2.51. The zero-order valence-corrected chi connectivity index (χ0v) is 14.2. The Morgan fingerprint density at radius 3 is 2.65 bits per heavy atom. The van der Waals surface area contributed by atoms with Crippen LogP contribution in [0.15, 0.2) is 24.8 Å². The SMILES string of the molecule is C=CC[C@@H]1CC=C[C@@H](C)N1C(=O)C1CCN(C(=O)COC)CC1. The quantitative estimate of drug-likeness (QED) is 0.728. The summed E-state index contributed by atoms with van der Waals surface area (Å²) in [6.07, 6.45) is 9.36. The van der Waals surface area contributed by atoms with E-state index >= 15 is 0 Å². The molecule has 2 aliphatic rings. The van der Waals surface area contributed by atoms with E-state index in [9.17, 15) is 9.59 Å². The van der Waals surface area contributed by atoms with Crippen molar-refractivity contribution in [3.63, 3.8) is 0 Å². The maximum Gasteiger partial charge on any atom is 0.248 e. The van der Waals surface area contributed by atoms with Crippen LogP contribution in [0.2, 0.25) is 0 Å². The Labute approximate surface area is 139 Å². The summed E-state index contributed by atoms with van der Waals surface area (Å²) in [6.45, 7) is 7.29. The number of carbonyl (C=O) groups excluding carboxylic acids is 2. The van der Waals surface area contributed by atoms with Crippen molar-refractivity contribution >= 4 is 11.8 Å². The molecule has 2 amide bonds. The lowest BCUT2D eigenvalue weighted by atomic mass is 9.91. The number of hydrogen-bond acceptors (Lipinski definition) is 3. The largest absolute Gasteiger partial charge is 0.375 e. The minimum atomic E-state index is 0.0113. The van der Waals surface area contributed by atoms with Crippen molar-refractivity contribution in [1.82, 2.24) is 9.80 Å². The van der Waals surface area contributed by atoms with Crippen molar-refractivity contribution in [2.45, 2.75) is 44.7 Å². The molecule has 2 heterocycles. The van der Waals surface area contributed by atoms with E-state index in [1.807, 2.05) is 11.0 Å². The molecule has 23 heavy (non-hydrogen) atoms. The summed E-state index contributed by atoms with van der Waals surface area (Å²) >= 11 is 0. The fourth-order valence-electron chi connectivity index (χ4n) is 3.56. The number of piperidine rings is 1. The van der Waals surface area contributed by atoms with Gasteiger partial charge < -0.3 is 14.5 Å². The molecule has 5 nitrogen and oxygen atoms in total. The third-order valence-electron chi connectivity index (χ3n) is 4.81. The number of ether oxygens (including phenoxy) is 1. The molecule has 0 N–H and O–H groups in total. The summed E-state index contributed by atoms with van der Waals surface area (Å²) in [5, 5.41) is 0. The molecule has 2 aliphatic heterocycles. The van der Waals surface area contributed by atoms with E-state index in [0.29, 0.717) is 13.1 Å². The van der Waals surface area contributed by atoms with Crippen LogP contribution in [0.25, 0.3) is 0 Å². The van der Waals surface area contributed by atoms with Crippen molar-refractivity contribution < 1.29 is 14.3 Å². The van der Waals surface area contributed by atoms with E-state index in [2.05, 4.69) is 25.7 Å². The number of carbonyl (C=O) groups is 2. The lowest BCUT2D eigenvalue weighted by Gasteiger charge is -2.41. The van der Waals surface area contributed by atoms with Crippen molar-refractivity contribution in [3.05, 3.63) is 24.8 Å². The average Bonchev–Trinajstić information content (AvgIpc) is 2.55. The number of hydrogen-bond donors (Lipinski definition) is 0. The Bertz CT molecular complexity index is 467. The van der Waals surface area contributed by atoms with Gasteiger partial charge in [-0.25, -0.2) is 0 Å². The van der Waals surface area contributed by atoms with Crippen LogP contribution in [0.5, 0.6) is 0 Å². The second-order valence-corrected chi connectivity index (χ2v) is 6.42. The van der Waals surface area contributed by atoms with E-state index in [4.69, 9.17) is 4.74 Å². The van der Waals surface area contributed by atoms with Crippen LogP contribution in [-0.2, 0) is 14.3 Å². The molecule has 2 atom stereocenters. The predicted molar refractivity (Wildman–Crippen MR) is 89.8 cm³/mol. The van der Waals surface area contributed by atoms with Crippen LogP contribution in [0, 0.1) is 5.92 Å². The Kier molecular flexibility index (Phi) is 6.39. The number of methoxy groups -OCH3 is 1. The zero-order valence-electron chi connectivity index (χ0n) is 14.2. The maximum absolute atomic E-state index is 13.0. The number of nitrogens with zero attached hydrogens (tertiary/aromatic N) is 2. The van der Waals surface area contributed by atoms with Crippen LogP contribution in [0.4, 0.5) is 0 Å². The van der Waals surface area contributed by atoms with E-state index in [0.717, 1.165) is 25.7 Å². The molecule has 0 aromatic rings. The molecule has 1 saturated heterocycles. The monoisotopic (exact) mass is 320 g/mol. The highest BCUT2D eigenvalue weighted by Crippen LogP contribution is 2.27. The molecule has 0 aromatic heterocycles. The second kappa shape index (κ2) is 8.29. The van der Waals surface area contributed by atoms with E-state index in [1.165, 1.54) is 7.11 Å². The van der Waals surface area contributed by atoms with Crippen LogP contribution >= 0.6 is 0 Å². The highest BCUT2D eigenvalue weighted by Gasteiger charge is 2.35. The molecular weight excluding hydrogens is 292 g/mol. The first-order valence-corrected chi connectivity index (χ1v) is 8.45. The van der Waals surface area contributed by atoms with Gasteiger partial charge in [0.2, 0.25) is 11.8 Å². The summed E-state index contributed by atoms with van der Waals surface area (Å²) in [4.78, 5) is 28.7. The molecule has 0 saturated carbocycles. The molecule has 1 fully saturated rings. The van der Waals surface area contributed by atoms with Gasteiger partial charge in [-0.05, 0) is 32.6 Å². The van der Waals surface area contributed by atoms with Crippen LogP contribution in [0.3, 0.4) is 0 Å². The van der Waals surface area contributed by atoms with Crippen LogP contribution in [-0.4, -0.2) is 60.5 Å².